The number of ether oxygens (including phenoxy) is 1. The highest BCUT2D eigenvalue weighted by Crippen LogP contribution is 2.17. The molecule has 2 amide bonds. The molecule has 6 heteroatoms. The van der Waals surface area contributed by atoms with Crippen molar-refractivity contribution in [1.82, 2.24) is 10.6 Å². The van der Waals surface area contributed by atoms with Gasteiger partial charge in [0.1, 0.15) is 0 Å². The predicted octanol–water partition coefficient (Wildman–Crippen LogP) is 3.43. The van der Waals surface area contributed by atoms with Crippen molar-refractivity contribution < 1.29 is 14.3 Å². The van der Waals surface area contributed by atoms with Gasteiger partial charge in [-0.1, -0.05) is 46.3 Å². The zero-order chi connectivity index (χ0) is 19.1. The Morgan fingerprint density at radius 2 is 1.78 bits per heavy atom. The number of amides is 2. The van der Waals surface area contributed by atoms with Gasteiger partial charge < -0.3 is 15.4 Å². The molecule has 1 saturated heterocycles. The molecule has 2 aromatic carbocycles. The van der Waals surface area contributed by atoms with E-state index in [0.717, 1.165) is 22.9 Å². The van der Waals surface area contributed by atoms with Crippen LogP contribution in [0.25, 0.3) is 0 Å². The monoisotopic (exact) mass is 430 g/mol. The van der Waals surface area contributed by atoms with E-state index in [1.165, 1.54) is 0 Å². The molecule has 1 aliphatic heterocycles. The second-order valence-electron chi connectivity index (χ2n) is 6.58. The first kappa shape index (κ1) is 19.6. The molecule has 1 aliphatic rings. The van der Waals surface area contributed by atoms with Crippen LogP contribution in [-0.4, -0.2) is 30.6 Å². The molecule has 0 spiro atoms. The van der Waals surface area contributed by atoms with Crippen molar-refractivity contribution in [2.75, 3.05) is 6.61 Å². The van der Waals surface area contributed by atoms with E-state index in [1.807, 2.05) is 42.5 Å². The minimum atomic E-state index is -0.685. The fourth-order valence-corrected chi connectivity index (χ4v) is 3.35. The summed E-state index contributed by atoms with van der Waals surface area (Å²) in [5, 5.41) is 5.91. The van der Waals surface area contributed by atoms with E-state index in [-0.39, 0.29) is 17.9 Å². The van der Waals surface area contributed by atoms with Gasteiger partial charge in [0, 0.05) is 23.2 Å². The largest absolute Gasteiger partial charge is 0.366 e. The summed E-state index contributed by atoms with van der Waals surface area (Å²) >= 11 is 3.36. The van der Waals surface area contributed by atoms with Crippen LogP contribution in [0, 0.1) is 0 Å². The molecular formula is C21H23BrN2O3. The van der Waals surface area contributed by atoms with Crippen molar-refractivity contribution in [3.05, 3.63) is 70.2 Å². The first-order valence-electron chi connectivity index (χ1n) is 9.13. The van der Waals surface area contributed by atoms with Gasteiger partial charge in [0.25, 0.3) is 11.8 Å². The second kappa shape index (κ2) is 9.67. The molecule has 3 rings (SSSR count). The summed E-state index contributed by atoms with van der Waals surface area (Å²) < 4.78 is 6.70. The van der Waals surface area contributed by atoms with Crippen LogP contribution in [0.1, 0.15) is 35.2 Å². The van der Waals surface area contributed by atoms with E-state index >= 15 is 0 Å². The molecule has 1 heterocycles. The Hall–Kier alpha value is -2.18. The summed E-state index contributed by atoms with van der Waals surface area (Å²) in [7, 11) is 0. The molecule has 0 unspecified atom stereocenters. The maximum absolute atomic E-state index is 12.7. The average molecular weight is 431 g/mol. The van der Waals surface area contributed by atoms with E-state index in [4.69, 9.17) is 4.74 Å². The zero-order valence-electron chi connectivity index (χ0n) is 15.0. The Morgan fingerprint density at radius 3 is 2.52 bits per heavy atom. The van der Waals surface area contributed by atoms with Crippen LogP contribution in [0.3, 0.4) is 0 Å². The van der Waals surface area contributed by atoms with Crippen LogP contribution in [0.15, 0.2) is 59.1 Å². The number of carbonyl (C=O) groups excluding carboxylic acids is 2. The molecule has 0 aliphatic carbocycles. The first-order chi connectivity index (χ1) is 13.1. The highest BCUT2D eigenvalue weighted by Gasteiger charge is 2.32. The minimum absolute atomic E-state index is 0.193. The van der Waals surface area contributed by atoms with Gasteiger partial charge in [0.05, 0.1) is 6.04 Å². The van der Waals surface area contributed by atoms with Crippen molar-refractivity contribution in [2.45, 2.75) is 38.0 Å². The summed E-state index contributed by atoms with van der Waals surface area (Å²) in [4.78, 5) is 25.3. The third kappa shape index (κ3) is 5.65. The van der Waals surface area contributed by atoms with Crippen LogP contribution in [-0.2, 0) is 16.1 Å². The SMILES string of the molecule is O=C(N[C@H]1CCCCO[C@H]1C(=O)NCc1ccccc1)c1ccc(Br)cc1. The second-order valence-corrected chi connectivity index (χ2v) is 7.49. The smallest absolute Gasteiger partial charge is 0.251 e. The molecule has 0 bridgehead atoms. The van der Waals surface area contributed by atoms with Crippen molar-refractivity contribution in [3.63, 3.8) is 0 Å². The van der Waals surface area contributed by atoms with Gasteiger partial charge in [-0.2, -0.15) is 0 Å². The standard InChI is InChI=1S/C21H23BrN2O3/c22-17-11-9-16(10-12-17)20(25)24-18-8-4-5-13-27-19(18)21(26)23-14-15-6-2-1-3-7-15/h1-3,6-7,9-12,18-19H,4-5,8,13-14H2,(H,23,26)(H,24,25)/t18-,19+/m0/s1. The van der Waals surface area contributed by atoms with Crippen LogP contribution in [0.5, 0.6) is 0 Å². The molecule has 2 aromatic rings. The number of halogens is 1. The molecule has 2 atom stereocenters. The highest BCUT2D eigenvalue weighted by atomic mass is 79.9. The van der Waals surface area contributed by atoms with Crippen molar-refractivity contribution in [3.8, 4) is 0 Å². The third-order valence-corrected chi connectivity index (χ3v) is 5.09. The fraction of sp³-hybridized carbons (Fsp3) is 0.333. The number of benzene rings is 2. The van der Waals surface area contributed by atoms with E-state index in [2.05, 4.69) is 26.6 Å². The minimum Gasteiger partial charge on any atom is -0.366 e. The molecule has 5 nitrogen and oxygen atoms in total. The van der Waals surface area contributed by atoms with Gasteiger partial charge >= 0.3 is 0 Å². The summed E-state index contributed by atoms with van der Waals surface area (Å²) in [6.07, 6.45) is 1.82. The van der Waals surface area contributed by atoms with Crippen molar-refractivity contribution in [2.24, 2.45) is 0 Å². The highest BCUT2D eigenvalue weighted by molar-refractivity contribution is 9.10. The fourth-order valence-electron chi connectivity index (χ4n) is 3.09. The normalized spacial score (nSPS) is 19.7. The van der Waals surface area contributed by atoms with Gasteiger partial charge in [0.15, 0.2) is 6.10 Å². The van der Waals surface area contributed by atoms with Crippen LogP contribution in [0.4, 0.5) is 0 Å². The lowest BCUT2D eigenvalue weighted by molar-refractivity contribution is -0.134. The van der Waals surface area contributed by atoms with E-state index in [1.54, 1.807) is 12.1 Å². The Morgan fingerprint density at radius 1 is 1.04 bits per heavy atom. The van der Waals surface area contributed by atoms with Crippen LogP contribution >= 0.6 is 15.9 Å². The van der Waals surface area contributed by atoms with Gasteiger partial charge in [-0.3, -0.25) is 9.59 Å². The molecule has 0 aromatic heterocycles. The summed E-state index contributed by atoms with van der Waals surface area (Å²) in [5.41, 5.74) is 1.58. The van der Waals surface area contributed by atoms with Gasteiger partial charge in [0.2, 0.25) is 0 Å². The number of carbonyl (C=O) groups is 2. The van der Waals surface area contributed by atoms with Crippen LogP contribution < -0.4 is 10.6 Å². The maximum atomic E-state index is 12.7. The predicted molar refractivity (Wildman–Crippen MR) is 107 cm³/mol. The van der Waals surface area contributed by atoms with Gasteiger partial charge in [-0.25, -0.2) is 0 Å². The lowest BCUT2D eigenvalue weighted by atomic mass is 10.0. The van der Waals surface area contributed by atoms with Gasteiger partial charge in [-0.05, 0) is 49.1 Å². The van der Waals surface area contributed by atoms with Crippen LogP contribution in [0.2, 0.25) is 0 Å². The molecule has 0 radical (unpaired) electrons. The maximum Gasteiger partial charge on any atom is 0.251 e. The summed E-state index contributed by atoms with van der Waals surface area (Å²) in [6.45, 7) is 0.959. The number of nitrogens with one attached hydrogen (secondary N) is 2. The Bertz CT molecular complexity index is 765. The molecule has 142 valence electrons. The summed E-state index contributed by atoms with van der Waals surface area (Å²) in [6, 6.07) is 16.5. The van der Waals surface area contributed by atoms with E-state index in [9.17, 15) is 9.59 Å². The van der Waals surface area contributed by atoms with Gasteiger partial charge in [-0.15, -0.1) is 0 Å². The molecule has 1 fully saturated rings. The number of rotatable bonds is 5. The van der Waals surface area contributed by atoms with Crippen molar-refractivity contribution in [1.29, 1.82) is 0 Å². The Labute approximate surface area is 167 Å². The third-order valence-electron chi connectivity index (χ3n) is 4.56. The Balaban J connectivity index is 1.64. The topological polar surface area (TPSA) is 67.4 Å². The molecule has 0 saturated carbocycles. The average Bonchev–Trinajstić information content (AvgIpc) is 2.93. The van der Waals surface area contributed by atoms with Crippen molar-refractivity contribution >= 4 is 27.7 Å². The van der Waals surface area contributed by atoms with E-state index < -0.39 is 6.10 Å². The first-order valence-corrected chi connectivity index (χ1v) is 9.92. The Kier molecular flexibility index (Phi) is 7.01. The quantitative estimate of drug-likeness (QED) is 0.763. The lowest BCUT2D eigenvalue weighted by Gasteiger charge is -2.25. The molecule has 2 N–H and O–H groups in total. The van der Waals surface area contributed by atoms with E-state index in [0.29, 0.717) is 25.1 Å². The number of hydrogen-bond acceptors (Lipinski definition) is 3. The zero-order valence-corrected chi connectivity index (χ0v) is 16.6. The number of hydrogen-bond donors (Lipinski definition) is 2. The molecular weight excluding hydrogens is 408 g/mol. The lowest BCUT2D eigenvalue weighted by Crippen LogP contribution is -2.51. The molecule has 27 heavy (non-hydrogen) atoms. The summed E-state index contributed by atoms with van der Waals surface area (Å²) in [5.74, 6) is -0.388.